The Morgan fingerprint density at radius 3 is 2.33 bits per heavy atom. The number of nitrogens with zero attached hydrogens (tertiary/aromatic N) is 2. The zero-order valence-corrected chi connectivity index (χ0v) is 14.8. The molecule has 0 bridgehead atoms. The van der Waals surface area contributed by atoms with Crippen molar-refractivity contribution in [1.82, 2.24) is 15.9 Å². The summed E-state index contributed by atoms with van der Waals surface area (Å²) in [5.74, 6) is -1.56. The van der Waals surface area contributed by atoms with E-state index in [1.807, 2.05) is 30.1 Å². The average molecular weight is 374 g/mol. The van der Waals surface area contributed by atoms with E-state index in [1.54, 1.807) is 30.5 Å². The van der Waals surface area contributed by atoms with Gasteiger partial charge in [-0.05, 0) is 36.2 Å². The minimum atomic E-state index is -1.25. The Morgan fingerprint density at radius 2 is 1.78 bits per heavy atom. The number of carbonyl (C=O) groups is 2. The third-order valence-electron chi connectivity index (χ3n) is 3.95. The highest BCUT2D eigenvalue weighted by molar-refractivity contribution is 5.99. The van der Waals surface area contributed by atoms with E-state index < -0.39 is 17.7 Å². The lowest BCUT2D eigenvalue weighted by molar-refractivity contribution is -0.144. The molecule has 4 N–H and O–H groups in total. The van der Waals surface area contributed by atoms with E-state index in [9.17, 15) is 9.59 Å². The van der Waals surface area contributed by atoms with E-state index in [4.69, 9.17) is 15.2 Å². The van der Waals surface area contributed by atoms with Crippen molar-refractivity contribution in [3.05, 3.63) is 54.2 Å². The molecule has 0 spiro atoms. The minimum absolute atomic E-state index is 0.0154. The van der Waals surface area contributed by atoms with Gasteiger partial charge in [0.25, 0.3) is 11.8 Å². The maximum atomic E-state index is 11.5. The van der Waals surface area contributed by atoms with Crippen LogP contribution >= 0.6 is 0 Å². The summed E-state index contributed by atoms with van der Waals surface area (Å²) in [6.07, 6.45) is 1.74. The smallest absolute Gasteiger partial charge is 0.256 e. The molecule has 0 aliphatic carbocycles. The van der Waals surface area contributed by atoms with Gasteiger partial charge in [0, 0.05) is 13.2 Å². The monoisotopic (exact) mass is 374 g/mol. The first kappa shape index (κ1) is 20.1. The highest BCUT2D eigenvalue weighted by Gasteiger charge is 2.26. The van der Waals surface area contributed by atoms with Crippen molar-refractivity contribution in [2.24, 2.45) is 5.92 Å². The van der Waals surface area contributed by atoms with Gasteiger partial charge in [-0.15, -0.1) is 0 Å². The first-order valence-corrected chi connectivity index (χ1v) is 8.27. The number of hydrogen-bond acceptors (Lipinski definition) is 7. The van der Waals surface area contributed by atoms with Crippen LogP contribution in [0.5, 0.6) is 5.75 Å². The van der Waals surface area contributed by atoms with Gasteiger partial charge in [-0.1, -0.05) is 18.2 Å². The van der Waals surface area contributed by atoms with E-state index in [0.29, 0.717) is 24.5 Å². The molecular formula is C18H22N4O5. The number of ether oxygens (including phenoxy) is 1. The Bertz CT molecular complexity index is 723. The van der Waals surface area contributed by atoms with Gasteiger partial charge in [0.1, 0.15) is 24.1 Å². The van der Waals surface area contributed by atoms with Crippen molar-refractivity contribution < 1.29 is 24.7 Å². The molecule has 0 aliphatic rings. The molecule has 2 aromatic rings. The molecule has 1 aromatic heterocycles. The first-order chi connectivity index (χ1) is 13.0. The summed E-state index contributed by atoms with van der Waals surface area (Å²) in [6, 6.07) is 12.5. The summed E-state index contributed by atoms with van der Waals surface area (Å²) in [6.45, 7) is 1.10. The van der Waals surface area contributed by atoms with E-state index in [1.165, 1.54) is 11.0 Å². The van der Waals surface area contributed by atoms with Gasteiger partial charge in [0.15, 0.2) is 0 Å². The summed E-state index contributed by atoms with van der Waals surface area (Å²) in [5.41, 5.74) is 3.51. The summed E-state index contributed by atoms with van der Waals surface area (Å²) >= 11 is 0. The van der Waals surface area contributed by atoms with E-state index in [-0.39, 0.29) is 6.42 Å². The quantitative estimate of drug-likeness (QED) is 0.290. The Balaban J connectivity index is 1.87. The predicted octanol–water partition coefficient (Wildman–Crippen LogP) is 0.766. The maximum absolute atomic E-state index is 11.5. The van der Waals surface area contributed by atoms with Crippen molar-refractivity contribution in [3.63, 3.8) is 0 Å². The molecule has 0 atom stereocenters. The standard InChI is InChI=1S/C18H22N4O5/c1-22(16-4-2-3-9-19-16)10-11-27-14-7-5-13(6-8-14)12-15(17(23)20-25)18(24)21-26/h2-9,15,25-26H,10-12H2,1H3,(H,20,23)(H,21,24). The first-order valence-electron chi connectivity index (χ1n) is 8.27. The SMILES string of the molecule is CN(CCOc1ccc(CC(C(=O)NO)C(=O)NO)cc1)c1ccccn1. The van der Waals surface area contributed by atoms with Crippen LogP contribution in [0.1, 0.15) is 5.56 Å². The zero-order valence-electron chi connectivity index (χ0n) is 14.8. The van der Waals surface area contributed by atoms with Crippen LogP contribution < -0.4 is 20.6 Å². The Hall–Kier alpha value is -3.17. The number of carbonyl (C=O) groups excluding carboxylic acids is 2. The fraction of sp³-hybridized carbons (Fsp3) is 0.278. The van der Waals surface area contributed by atoms with Crippen molar-refractivity contribution in [2.45, 2.75) is 6.42 Å². The molecule has 0 saturated heterocycles. The molecule has 0 saturated carbocycles. The number of pyridine rings is 1. The largest absolute Gasteiger partial charge is 0.492 e. The lowest BCUT2D eigenvalue weighted by atomic mass is 9.98. The van der Waals surface area contributed by atoms with Crippen LogP contribution in [-0.2, 0) is 16.0 Å². The topological polar surface area (TPSA) is 124 Å². The minimum Gasteiger partial charge on any atom is -0.492 e. The highest BCUT2D eigenvalue weighted by Crippen LogP contribution is 2.16. The number of aromatic nitrogens is 1. The molecule has 0 fully saturated rings. The van der Waals surface area contributed by atoms with Gasteiger partial charge in [-0.25, -0.2) is 15.9 Å². The number of benzene rings is 1. The Morgan fingerprint density at radius 1 is 1.11 bits per heavy atom. The second-order valence-electron chi connectivity index (χ2n) is 5.81. The summed E-state index contributed by atoms with van der Waals surface area (Å²) in [4.78, 5) is 29.3. The maximum Gasteiger partial charge on any atom is 0.256 e. The predicted molar refractivity (Wildman–Crippen MR) is 96.5 cm³/mol. The van der Waals surface area contributed by atoms with E-state index in [0.717, 1.165) is 5.82 Å². The fourth-order valence-corrected chi connectivity index (χ4v) is 2.41. The number of likely N-dealkylation sites (N-methyl/N-ethyl adjacent to an activating group) is 1. The van der Waals surface area contributed by atoms with Crippen molar-refractivity contribution in [1.29, 1.82) is 0 Å². The molecular weight excluding hydrogens is 352 g/mol. The van der Waals surface area contributed by atoms with Crippen LogP contribution in [0.4, 0.5) is 5.82 Å². The van der Waals surface area contributed by atoms with Gasteiger partial charge in [-0.3, -0.25) is 20.0 Å². The third-order valence-corrected chi connectivity index (χ3v) is 3.95. The number of hydroxylamine groups is 2. The van der Waals surface area contributed by atoms with Crippen LogP contribution in [-0.4, -0.2) is 47.4 Å². The summed E-state index contributed by atoms with van der Waals surface area (Å²) in [5, 5.41) is 17.4. The van der Waals surface area contributed by atoms with Gasteiger partial charge in [0.05, 0.1) is 6.54 Å². The molecule has 9 heteroatoms. The molecule has 2 rings (SSSR count). The molecule has 9 nitrogen and oxygen atoms in total. The van der Waals surface area contributed by atoms with E-state index >= 15 is 0 Å². The average Bonchev–Trinajstić information content (AvgIpc) is 2.72. The van der Waals surface area contributed by atoms with Gasteiger partial charge in [-0.2, -0.15) is 0 Å². The molecule has 0 aliphatic heterocycles. The zero-order chi connectivity index (χ0) is 19.6. The molecule has 0 radical (unpaired) electrons. The van der Waals surface area contributed by atoms with Crippen LogP contribution in [0, 0.1) is 5.92 Å². The molecule has 0 unspecified atom stereocenters. The van der Waals surface area contributed by atoms with Crippen molar-refractivity contribution in [2.75, 3.05) is 25.1 Å². The fourth-order valence-electron chi connectivity index (χ4n) is 2.41. The summed E-state index contributed by atoms with van der Waals surface area (Å²) < 4.78 is 5.69. The summed E-state index contributed by atoms with van der Waals surface area (Å²) in [7, 11) is 1.92. The van der Waals surface area contributed by atoms with Crippen LogP contribution in [0.3, 0.4) is 0 Å². The second kappa shape index (κ2) is 10.1. The number of anilines is 1. The number of nitrogens with one attached hydrogen (secondary N) is 2. The van der Waals surface area contributed by atoms with Gasteiger partial charge >= 0.3 is 0 Å². The lowest BCUT2D eigenvalue weighted by Crippen LogP contribution is -2.40. The molecule has 2 amide bonds. The van der Waals surface area contributed by atoms with Crippen molar-refractivity contribution >= 4 is 17.6 Å². The number of rotatable bonds is 9. The normalized spacial score (nSPS) is 10.4. The van der Waals surface area contributed by atoms with Crippen LogP contribution in [0.2, 0.25) is 0 Å². The second-order valence-corrected chi connectivity index (χ2v) is 5.81. The Labute approximate surface area is 156 Å². The number of hydrogen-bond donors (Lipinski definition) is 4. The third kappa shape index (κ3) is 5.94. The number of amides is 2. The van der Waals surface area contributed by atoms with Crippen molar-refractivity contribution in [3.8, 4) is 5.75 Å². The van der Waals surface area contributed by atoms with Gasteiger partial charge in [0.2, 0.25) is 0 Å². The van der Waals surface area contributed by atoms with Crippen LogP contribution in [0.15, 0.2) is 48.7 Å². The molecule has 144 valence electrons. The molecule has 27 heavy (non-hydrogen) atoms. The Kier molecular flexibility index (Phi) is 7.53. The highest BCUT2D eigenvalue weighted by atomic mass is 16.5. The van der Waals surface area contributed by atoms with Crippen LogP contribution in [0.25, 0.3) is 0 Å². The van der Waals surface area contributed by atoms with Gasteiger partial charge < -0.3 is 9.64 Å². The lowest BCUT2D eigenvalue weighted by Gasteiger charge is -2.18. The van der Waals surface area contributed by atoms with E-state index in [2.05, 4.69) is 4.98 Å². The molecule has 1 aromatic carbocycles. The molecule has 1 heterocycles.